The standard InChI is InChI=1S/C19H24N2O2S/c1-12-11-24-19(20-12)18(14-4-5-14)21-13(2)15-6-7-16-17(10-15)23-9-3-8-22-16/h6-7,10-11,13-14,18,21H,3-5,8-9H2,1-2H3/t13-,18+/m1/s1. The second kappa shape index (κ2) is 6.73. The Balaban J connectivity index is 1.52. The van der Waals surface area contributed by atoms with Crippen LogP contribution in [0.25, 0.3) is 0 Å². The summed E-state index contributed by atoms with van der Waals surface area (Å²) in [5.74, 6) is 2.45. The normalized spacial score (nSPS) is 19.6. The topological polar surface area (TPSA) is 43.4 Å². The minimum absolute atomic E-state index is 0.247. The van der Waals surface area contributed by atoms with E-state index in [1.165, 1.54) is 23.4 Å². The number of thiazole rings is 1. The van der Waals surface area contributed by atoms with Crippen LogP contribution in [-0.2, 0) is 0 Å². The summed E-state index contributed by atoms with van der Waals surface area (Å²) in [6.45, 7) is 5.74. The van der Waals surface area contributed by atoms with Crippen molar-refractivity contribution in [3.8, 4) is 11.5 Å². The average Bonchev–Trinajstić information content (AvgIpc) is 3.37. The average molecular weight is 344 g/mol. The van der Waals surface area contributed by atoms with Gasteiger partial charge >= 0.3 is 0 Å². The molecule has 128 valence electrons. The number of rotatable bonds is 5. The van der Waals surface area contributed by atoms with Crippen LogP contribution in [0.1, 0.15) is 54.5 Å². The van der Waals surface area contributed by atoms with Gasteiger partial charge in [0.15, 0.2) is 11.5 Å². The van der Waals surface area contributed by atoms with E-state index in [1.54, 1.807) is 11.3 Å². The summed E-state index contributed by atoms with van der Waals surface area (Å²) in [5.41, 5.74) is 2.35. The van der Waals surface area contributed by atoms with Gasteiger partial charge in [-0.05, 0) is 50.3 Å². The zero-order valence-electron chi connectivity index (χ0n) is 14.2. The molecule has 0 spiro atoms. The van der Waals surface area contributed by atoms with Crippen LogP contribution in [0, 0.1) is 12.8 Å². The number of nitrogens with zero attached hydrogens (tertiary/aromatic N) is 1. The first-order valence-corrected chi connectivity index (χ1v) is 9.66. The van der Waals surface area contributed by atoms with Gasteiger partial charge in [-0.1, -0.05) is 6.07 Å². The van der Waals surface area contributed by atoms with Gasteiger partial charge < -0.3 is 14.8 Å². The molecule has 5 heteroatoms. The molecule has 1 saturated carbocycles. The monoisotopic (exact) mass is 344 g/mol. The molecule has 2 atom stereocenters. The molecule has 24 heavy (non-hydrogen) atoms. The molecule has 0 unspecified atom stereocenters. The van der Waals surface area contributed by atoms with Gasteiger partial charge in [0.1, 0.15) is 5.01 Å². The minimum Gasteiger partial charge on any atom is -0.490 e. The third-order valence-electron chi connectivity index (χ3n) is 4.70. The number of benzene rings is 1. The van der Waals surface area contributed by atoms with Gasteiger partial charge in [0.25, 0.3) is 0 Å². The fourth-order valence-electron chi connectivity index (χ4n) is 3.17. The zero-order chi connectivity index (χ0) is 16.5. The Bertz CT molecular complexity index is 711. The summed E-state index contributed by atoms with van der Waals surface area (Å²) in [4.78, 5) is 4.71. The van der Waals surface area contributed by atoms with Gasteiger partial charge in [-0.3, -0.25) is 0 Å². The highest BCUT2D eigenvalue weighted by Crippen LogP contribution is 2.43. The number of ether oxygens (including phenoxy) is 2. The third kappa shape index (κ3) is 3.42. The number of hydrogen-bond acceptors (Lipinski definition) is 5. The molecule has 2 heterocycles. The van der Waals surface area contributed by atoms with Gasteiger partial charge in [0.05, 0.1) is 19.3 Å². The molecule has 0 amide bonds. The lowest BCUT2D eigenvalue weighted by Crippen LogP contribution is -2.26. The molecular formula is C19H24N2O2S. The van der Waals surface area contributed by atoms with E-state index >= 15 is 0 Å². The van der Waals surface area contributed by atoms with Crippen LogP contribution in [-0.4, -0.2) is 18.2 Å². The lowest BCUT2D eigenvalue weighted by atomic mass is 10.1. The van der Waals surface area contributed by atoms with E-state index in [9.17, 15) is 0 Å². The van der Waals surface area contributed by atoms with Crippen LogP contribution in [0.3, 0.4) is 0 Å². The lowest BCUT2D eigenvalue weighted by molar-refractivity contribution is 0.297. The van der Waals surface area contributed by atoms with E-state index in [0.29, 0.717) is 6.04 Å². The molecule has 2 aromatic rings. The lowest BCUT2D eigenvalue weighted by Gasteiger charge is -2.22. The Morgan fingerprint density at radius 2 is 2.00 bits per heavy atom. The number of aryl methyl sites for hydroxylation is 1. The molecule has 1 N–H and O–H groups in total. The number of aromatic nitrogens is 1. The Morgan fingerprint density at radius 1 is 1.21 bits per heavy atom. The van der Waals surface area contributed by atoms with Crippen molar-refractivity contribution in [3.63, 3.8) is 0 Å². The van der Waals surface area contributed by atoms with Crippen LogP contribution < -0.4 is 14.8 Å². The van der Waals surface area contributed by atoms with E-state index < -0.39 is 0 Å². The zero-order valence-corrected chi connectivity index (χ0v) is 15.1. The fraction of sp³-hybridized carbons (Fsp3) is 0.526. The molecule has 1 aromatic heterocycles. The van der Waals surface area contributed by atoms with Gasteiger partial charge in [0, 0.05) is 23.5 Å². The van der Waals surface area contributed by atoms with Crippen LogP contribution >= 0.6 is 11.3 Å². The number of fused-ring (bicyclic) bond motifs is 1. The third-order valence-corrected chi connectivity index (χ3v) is 5.74. The second-order valence-corrected chi connectivity index (χ2v) is 7.68. The first-order valence-electron chi connectivity index (χ1n) is 8.78. The van der Waals surface area contributed by atoms with Gasteiger partial charge in [-0.25, -0.2) is 4.98 Å². The van der Waals surface area contributed by atoms with Crippen LogP contribution in [0.2, 0.25) is 0 Å². The highest BCUT2D eigenvalue weighted by molar-refractivity contribution is 7.09. The van der Waals surface area contributed by atoms with Crippen molar-refractivity contribution in [2.45, 2.75) is 45.2 Å². The van der Waals surface area contributed by atoms with E-state index in [4.69, 9.17) is 14.5 Å². The molecule has 1 aromatic carbocycles. The van der Waals surface area contributed by atoms with E-state index in [0.717, 1.165) is 42.7 Å². The quantitative estimate of drug-likeness (QED) is 0.872. The maximum absolute atomic E-state index is 5.83. The SMILES string of the molecule is Cc1csc([C@@H](N[C@H](C)c2ccc3c(c2)OCCCO3)C2CC2)n1. The maximum atomic E-state index is 5.83. The Labute approximate surface area is 147 Å². The van der Waals surface area contributed by atoms with Crippen molar-refractivity contribution >= 4 is 11.3 Å². The Hall–Kier alpha value is -1.59. The Kier molecular flexibility index (Phi) is 4.46. The van der Waals surface area contributed by atoms with Crippen molar-refractivity contribution in [1.29, 1.82) is 0 Å². The van der Waals surface area contributed by atoms with Crippen molar-refractivity contribution < 1.29 is 9.47 Å². The summed E-state index contributed by atoms with van der Waals surface area (Å²) in [5, 5.41) is 7.16. The van der Waals surface area contributed by atoms with Crippen LogP contribution in [0.4, 0.5) is 0 Å². The molecule has 1 aliphatic heterocycles. The smallest absolute Gasteiger partial charge is 0.161 e. The molecule has 4 rings (SSSR count). The number of hydrogen-bond donors (Lipinski definition) is 1. The molecule has 0 radical (unpaired) electrons. The van der Waals surface area contributed by atoms with Crippen LogP contribution in [0.5, 0.6) is 11.5 Å². The van der Waals surface area contributed by atoms with Gasteiger partial charge in [0.2, 0.25) is 0 Å². The summed E-state index contributed by atoms with van der Waals surface area (Å²) < 4.78 is 11.6. The highest BCUT2D eigenvalue weighted by Gasteiger charge is 2.35. The first kappa shape index (κ1) is 15.9. The summed E-state index contributed by atoms with van der Waals surface area (Å²) in [7, 11) is 0. The van der Waals surface area contributed by atoms with E-state index in [1.807, 2.05) is 6.07 Å². The molecule has 1 fully saturated rings. The molecule has 4 nitrogen and oxygen atoms in total. The predicted octanol–water partition coefficient (Wildman–Crippen LogP) is 4.41. The summed E-state index contributed by atoms with van der Waals surface area (Å²) in [6, 6.07) is 6.90. The van der Waals surface area contributed by atoms with Gasteiger partial charge in [-0.15, -0.1) is 11.3 Å². The second-order valence-electron chi connectivity index (χ2n) is 6.79. The predicted molar refractivity (Wildman–Crippen MR) is 95.9 cm³/mol. The van der Waals surface area contributed by atoms with E-state index in [2.05, 4.69) is 36.7 Å². The van der Waals surface area contributed by atoms with E-state index in [-0.39, 0.29) is 6.04 Å². The fourth-order valence-corrected chi connectivity index (χ4v) is 4.12. The van der Waals surface area contributed by atoms with Crippen molar-refractivity contribution in [2.75, 3.05) is 13.2 Å². The maximum Gasteiger partial charge on any atom is 0.161 e. The summed E-state index contributed by atoms with van der Waals surface area (Å²) in [6.07, 6.45) is 3.53. The van der Waals surface area contributed by atoms with Crippen LogP contribution in [0.15, 0.2) is 23.6 Å². The molecule has 1 aliphatic carbocycles. The Morgan fingerprint density at radius 3 is 2.71 bits per heavy atom. The first-order chi connectivity index (χ1) is 11.7. The van der Waals surface area contributed by atoms with Crippen molar-refractivity contribution in [2.24, 2.45) is 5.92 Å². The summed E-state index contributed by atoms with van der Waals surface area (Å²) >= 11 is 1.77. The number of nitrogens with one attached hydrogen (secondary N) is 1. The van der Waals surface area contributed by atoms with Crippen molar-refractivity contribution in [1.82, 2.24) is 10.3 Å². The molecule has 2 aliphatic rings. The minimum atomic E-state index is 0.247. The molecule has 0 saturated heterocycles. The largest absolute Gasteiger partial charge is 0.490 e. The molecule has 0 bridgehead atoms. The van der Waals surface area contributed by atoms with Gasteiger partial charge in [-0.2, -0.15) is 0 Å². The highest BCUT2D eigenvalue weighted by atomic mass is 32.1. The van der Waals surface area contributed by atoms with Crippen molar-refractivity contribution in [3.05, 3.63) is 39.8 Å². The molecular weight excluding hydrogens is 320 g/mol.